The summed E-state index contributed by atoms with van der Waals surface area (Å²) in [6.07, 6.45) is 0. The highest BCUT2D eigenvalue weighted by molar-refractivity contribution is 7.89. The van der Waals surface area contributed by atoms with E-state index in [2.05, 4.69) is 15.4 Å². The first-order valence-electron chi connectivity index (χ1n) is 8.06. The minimum absolute atomic E-state index is 0. The molecule has 1 rings (SSSR count). The van der Waals surface area contributed by atoms with Crippen LogP contribution in [0.25, 0.3) is 0 Å². The lowest BCUT2D eigenvalue weighted by Crippen LogP contribution is -2.47. The molecule has 148 valence electrons. The van der Waals surface area contributed by atoms with Crippen LogP contribution in [0.5, 0.6) is 0 Å². The molecule has 1 aromatic rings. The van der Waals surface area contributed by atoms with Gasteiger partial charge in [0.25, 0.3) is 0 Å². The Morgan fingerprint density at radius 3 is 2.19 bits per heavy atom. The van der Waals surface area contributed by atoms with E-state index < -0.39 is 16.1 Å². The molecule has 0 aliphatic rings. The zero-order valence-electron chi connectivity index (χ0n) is 15.1. The molecule has 10 heteroatoms. The van der Waals surface area contributed by atoms with Crippen LogP contribution in [-0.4, -0.2) is 39.4 Å². The van der Waals surface area contributed by atoms with Crippen molar-refractivity contribution in [2.45, 2.75) is 38.3 Å². The molecule has 0 fully saturated rings. The van der Waals surface area contributed by atoms with Gasteiger partial charge < -0.3 is 16.4 Å². The SMILES string of the molecule is CCNS(=O)(=O)c1ccc(CNC(=O)CNC(=O)[C@@H](N)C(C)C)cc1.Cl. The molecule has 0 heterocycles. The second-order valence-corrected chi connectivity index (χ2v) is 7.68. The van der Waals surface area contributed by atoms with Gasteiger partial charge in [0, 0.05) is 13.1 Å². The molecule has 0 bridgehead atoms. The van der Waals surface area contributed by atoms with Gasteiger partial charge in [-0.3, -0.25) is 9.59 Å². The van der Waals surface area contributed by atoms with Gasteiger partial charge in [-0.2, -0.15) is 0 Å². The van der Waals surface area contributed by atoms with E-state index >= 15 is 0 Å². The Labute approximate surface area is 160 Å². The van der Waals surface area contributed by atoms with E-state index in [9.17, 15) is 18.0 Å². The van der Waals surface area contributed by atoms with E-state index in [1.54, 1.807) is 19.1 Å². The third-order valence-electron chi connectivity index (χ3n) is 3.50. The van der Waals surface area contributed by atoms with Gasteiger partial charge in [-0.05, 0) is 23.6 Å². The van der Waals surface area contributed by atoms with E-state index in [4.69, 9.17) is 5.73 Å². The number of amides is 2. The third kappa shape index (κ3) is 7.69. The number of carbonyl (C=O) groups is 2. The van der Waals surface area contributed by atoms with Crippen LogP contribution < -0.4 is 21.1 Å². The zero-order valence-corrected chi connectivity index (χ0v) is 16.7. The summed E-state index contributed by atoms with van der Waals surface area (Å²) in [6, 6.07) is 5.54. The van der Waals surface area contributed by atoms with Gasteiger partial charge in [0.05, 0.1) is 17.5 Å². The number of halogens is 1. The molecule has 5 N–H and O–H groups in total. The first-order valence-corrected chi connectivity index (χ1v) is 9.54. The topological polar surface area (TPSA) is 130 Å². The Bertz CT molecular complexity index is 693. The lowest BCUT2D eigenvalue weighted by atomic mass is 10.1. The van der Waals surface area contributed by atoms with Gasteiger partial charge in [-0.1, -0.05) is 32.9 Å². The maximum atomic E-state index is 11.8. The van der Waals surface area contributed by atoms with Crippen LogP contribution in [0.1, 0.15) is 26.3 Å². The van der Waals surface area contributed by atoms with Gasteiger partial charge in [0.15, 0.2) is 0 Å². The van der Waals surface area contributed by atoms with Crippen LogP contribution in [0.15, 0.2) is 29.2 Å². The van der Waals surface area contributed by atoms with Crippen molar-refractivity contribution >= 4 is 34.2 Å². The molecule has 1 aromatic carbocycles. The summed E-state index contributed by atoms with van der Waals surface area (Å²) in [6.45, 7) is 5.73. The number of sulfonamides is 1. The lowest BCUT2D eigenvalue weighted by Gasteiger charge is -2.15. The summed E-state index contributed by atoms with van der Waals surface area (Å²) in [4.78, 5) is 23.6. The Morgan fingerprint density at radius 2 is 1.69 bits per heavy atom. The monoisotopic (exact) mass is 406 g/mol. The number of nitrogens with one attached hydrogen (secondary N) is 3. The highest BCUT2D eigenvalue weighted by atomic mass is 35.5. The summed E-state index contributed by atoms with van der Waals surface area (Å²) in [7, 11) is -3.49. The summed E-state index contributed by atoms with van der Waals surface area (Å²) in [5.41, 5.74) is 6.43. The standard InChI is InChI=1S/C16H26N4O4S.ClH/c1-4-20-25(23,24)13-7-5-12(6-8-13)9-18-14(21)10-19-16(22)15(17)11(2)3;/h5-8,11,15,20H,4,9-10,17H2,1-3H3,(H,18,21)(H,19,22);1H/t15-;/m0./s1. The predicted molar refractivity (Wildman–Crippen MR) is 102 cm³/mol. The van der Waals surface area contributed by atoms with Crippen molar-refractivity contribution in [3.63, 3.8) is 0 Å². The van der Waals surface area contributed by atoms with Gasteiger partial charge in [-0.25, -0.2) is 13.1 Å². The Morgan fingerprint density at radius 1 is 1.12 bits per heavy atom. The van der Waals surface area contributed by atoms with Gasteiger partial charge in [0.1, 0.15) is 0 Å². The van der Waals surface area contributed by atoms with E-state index in [1.807, 2.05) is 13.8 Å². The Kier molecular flexibility index (Phi) is 10.4. The fourth-order valence-corrected chi connectivity index (χ4v) is 2.95. The fraction of sp³-hybridized carbons (Fsp3) is 0.500. The van der Waals surface area contributed by atoms with Crippen molar-refractivity contribution < 1.29 is 18.0 Å². The van der Waals surface area contributed by atoms with Crippen molar-refractivity contribution in [3.05, 3.63) is 29.8 Å². The van der Waals surface area contributed by atoms with Gasteiger partial charge in [0.2, 0.25) is 21.8 Å². The largest absolute Gasteiger partial charge is 0.350 e. The smallest absolute Gasteiger partial charge is 0.240 e. The molecular weight excluding hydrogens is 380 g/mol. The number of rotatable bonds is 9. The molecule has 8 nitrogen and oxygen atoms in total. The predicted octanol–water partition coefficient (Wildman–Crippen LogP) is 0.122. The summed E-state index contributed by atoms with van der Waals surface area (Å²) in [5.74, 6) is -0.739. The minimum Gasteiger partial charge on any atom is -0.350 e. The molecule has 0 aliphatic carbocycles. The summed E-state index contributed by atoms with van der Waals surface area (Å²) >= 11 is 0. The summed E-state index contributed by atoms with van der Waals surface area (Å²) in [5, 5.41) is 5.13. The van der Waals surface area contributed by atoms with E-state index in [0.29, 0.717) is 6.54 Å². The molecule has 0 aromatic heterocycles. The molecule has 26 heavy (non-hydrogen) atoms. The Balaban J connectivity index is 0.00000625. The number of benzene rings is 1. The minimum atomic E-state index is -3.49. The number of hydrogen-bond donors (Lipinski definition) is 4. The van der Waals surface area contributed by atoms with Crippen molar-refractivity contribution in [1.82, 2.24) is 15.4 Å². The fourth-order valence-electron chi connectivity index (χ4n) is 1.91. The van der Waals surface area contributed by atoms with Gasteiger partial charge in [-0.15, -0.1) is 12.4 Å². The molecule has 2 amide bonds. The molecule has 0 saturated carbocycles. The van der Waals surface area contributed by atoms with Gasteiger partial charge >= 0.3 is 0 Å². The quantitative estimate of drug-likeness (QED) is 0.462. The average molecular weight is 407 g/mol. The van der Waals surface area contributed by atoms with Crippen molar-refractivity contribution in [2.24, 2.45) is 11.7 Å². The van der Waals surface area contributed by atoms with Crippen LogP contribution in [0, 0.1) is 5.92 Å². The van der Waals surface area contributed by atoms with Crippen LogP contribution in [0.3, 0.4) is 0 Å². The second-order valence-electron chi connectivity index (χ2n) is 5.91. The number of carbonyl (C=O) groups excluding carboxylic acids is 2. The third-order valence-corrected chi connectivity index (χ3v) is 5.06. The normalized spacial score (nSPS) is 12.2. The number of hydrogen-bond acceptors (Lipinski definition) is 5. The molecule has 0 unspecified atom stereocenters. The van der Waals surface area contributed by atoms with Crippen molar-refractivity contribution in [1.29, 1.82) is 0 Å². The van der Waals surface area contributed by atoms with E-state index in [1.165, 1.54) is 12.1 Å². The summed E-state index contributed by atoms with van der Waals surface area (Å²) < 4.78 is 26.1. The maximum Gasteiger partial charge on any atom is 0.240 e. The molecule has 0 spiro atoms. The van der Waals surface area contributed by atoms with Crippen molar-refractivity contribution in [3.8, 4) is 0 Å². The van der Waals surface area contributed by atoms with Crippen LogP contribution in [-0.2, 0) is 26.2 Å². The molecule has 0 saturated heterocycles. The zero-order chi connectivity index (χ0) is 19.0. The molecule has 1 atom stereocenters. The highest BCUT2D eigenvalue weighted by Gasteiger charge is 2.17. The average Bonchev–Trinajstić information content (AvgIpc) is 2.57. The molecule has 0 aliphatic heterocycles. The highest BCUT2D eigenvalue weighted by Crippen LogP contribution is 2.10. The molecular formula is C16H27ClN4O4S. The maximum absolute atomic E-state index is 11.8. The first kappa shape index (κ1) is 24.3. The second kappa shape index (κ2) is 11.1. The lowest BCUT2D eigenvalue weighted by molar-refractivity contribution is -0.127. The first-order chi connectivity index (χ1) is 11.7. The molecule has 0 radical (unpaired) electrons. The van der Waals surface area contributed by atoms with E-state index in [-0.39, 0.29) is 48.1 Å². The van der Waals surface area contributed by atoms with E-state index in [0.717, 1.165) is 5.56 Å². The van der Waals surface area contributed by atoms with Crippen LogP contribution >= 0.6 is 12.4 Å². The van der Waals surface area contributed by atoms with Crippen LogP contribution in [0.2, 0.25) is 0 Å². The Hall–Kier alpha value is -1.68. The number of nitrogens with two attached hydrogens (primary N) is 1. The van der Waals surface area contributed by atoms with Crippen LogP contribution in [0.4, 0.5) is 0 Å². The van der Waals surface area contributed by atoms with Crippen molar-refractivity contribution in [2.75, 3.05) is 13.1 Å².